The molecule has 1 aromatic rings. The summed E-state index contributed by atoms with van der Waals surface area (Å²) < 4.78 is 1.22. The van der Waals surface area contributed by atoms with Gasteiger partial charge in [-0.1, -0.05) is 48.2 Å². The Morgan fingerprint density at radius 3 is 2.63 bits per heavy atom. The third-order valence-electron chi connectivity index (χ3n) is 4.13. The van der Waals surface area contributed by atoms with E-state index in [-0.39, 0.29) is 0 Å². The molecule has 0 aliphatic heterocycles. The Labute approximate surface area is 125 Å². The van der Waals surface area contributed by atoms with Crippen molar-refractivity contribution in [1.29, 1.82) is 0 Å². The van der Waals surface area contributed by atoms with Gasteiger partial charge < -0.3 is 10.2 Å². The van der Waals surface area contributed by atoms with Gasteiger partial charge in [-0.05, 0) is 37.1 Å². The van der Waals surface area contributed by atoms with E-state index in [1.165, 1.54) is 47.8 Å². The number of rotatable bonds is 5. The van der Waals surface area contributed by atoms with Crippen LogP contribution in [0.25, 0.3) is 0 Å². The van der Waals surface area contributed by atoms with Crippen LogP contribution in [0, 0.1) is 0 Å². The van der Waals surface area contributed by atoms with Crippen LogP contribution in [-0.4, -0.2) is 19.6 Å². The number of halogens is 1. The van der Waals surface area contributed by atoms with Gasteiger partial charge in [0.2, 0.25) is 0 Å². The number of hydrogen-bond donors (Lipinski definition) is 1. The standard InChI is InChI=1S/C16H25BrN2/c1-3-18-12-13-9-10-15(11-16(13)17)19(2)14-7-5-4-6-8-14/h9-11,14,18H,3-8,12H2,1-2H3. The lowest BCUT2D eigenvalue weighted by Gasteiger charge is -2.33. The normalized spacial score (nSPS) is 16.6. The van der Waals surface area contributed by atoms with Crippen LogP contribution in [0.1, 0.15) is 44.6 Å². The van der Waals surface area contributed by atoms with E-state index in [4.69, 9.17) is 0 Å². The summed E-state index contributed by atoms with van der Waals surface area (Å²) in [5, 5.41) is 3.37. The topological polar surface area (TPSA) is 15.3 Å². The van der Waals surface area contributed by atoms with E-state index in [9.17, 15) is 0 Å². The largest absolute Gasteiger partial charge is 0.372 e. The van der Waals surface area contributed by atoms with Crippen molar-refractivity contribution in [1.82, 2.24) is 5.32 Å². The van der Waals surface area contributed by atoms with E-state index in [1.54, 1.807) is 0 Å². The quantitative estimate of drug-likeness (QED) is 0.867. The Balaban J connectivity index is 2.05. The summed E-state index contributed by atoms with van der Waals surface area (Å²) in [6, 6.07) is 7.48. The summed E-state index contributed by atoms with van der Waals surface area (Å²) in [7, 11) is 2.24. The van der Waals surface area contributed by atoms with Crippen LogP contribution >= 0.6 is 15.9 Å². The molecule has 0 atom stereocenters. The van der Waals surface area contributed by atoms with E-state index >= 15 is 0 Å². The van der Waals surface area contributed by atoms with Crippen LogP contribution < -0.4 is 10.2 Å². The molecule has 0 heterocycles. The SMILES string of the molecule is CCNCc1ccc(N(C)C2CCCCC2)cc1Br. The molecule has 0 spiro atoms. The van der Waals surface area contributed by atoms with E-state index in [0.29, 0.717) is 0 Å². The van der Waals surface area contributed by atoms with Gasteiger partial charge in [0.25, 0.3) is 0 Å². The monoisotopic (exact) mass is 324 g/mol. The van der Waals surface area contributed by atoms with E-state index in [1.807, 2.05) is 0 Å². The lowest BCUT2D eigenvalue weighted by molar-refractivity contribution is 0.427. The molecule has 0 aromatic heterocycles. The summed E-state index contributed by atoms with van der Waals surface area (Å²) in [6.45, 7) is 4.08. The second-order valence-corrected chi connectivity index (χ2v) is 6.31. The Morgan fingerprint density at radius 1 is 1.26 bits per heavy atom. The van der Waals surface area contributed by atoms with Crippen LogP contribution in [0.2, 0.25) is 0 Å². The van der Waals surface area contributed by atoms with Crippen LogP contribution in [-0.2, 0) is 6.54 Å². The van der Waals surface area contributed by atoms with Gasteiger partial charge in [0.1, 0.15) is 0 Å². The molecular formula is C16H25BrN2. The van der Waals surface area contributed by atoms with Crippen molar-refractivity contribution in [2.75, 3.05) is 18.5 Å². The Morgan fingerprint density at radius 2 is 2.00 bits per heavy atom. The molecule has 1 saturated carbocycles. The zero-order valence-electron chi connectivity index (χ0n) is 12.1. The minimum absolute atomic E-state index is 0.722. The third-order valence-corrected chi connectivity index (χ3v) is 4.87. The summed E-state index contributed by atoms with van der Waals surface area (Å²) in [5.74, 6) is 0. The first-order chi connectivity index (χ1) is 9.22. The van der Waals surface area contributed by atoms with Crippen LogP contribution in [0.4, 0.5) is 5.69 Å². The lowest BCUT2D eigenvalue weighted by Crippen LogP contribution is -2.33. The van der Waals surface area contributed by atoms with Gasteiger partial charge in [-0.2, -0.15) is 0 Å². The Hall–Kier alpha value is -0.540. The van der Waals surface area contributed by atoms with Crippen molar-refractivity contribution in [3.8, 4) is 0 Å². The number of nitrogens with one attached hydrogen (secondary N) is 1. The van der Waals surface area contributed by atoms with Crippen molar-refractivity contribution in [2.45, 2.75) is 51.6 Å². The highest BCUT2D eigenvalue weighted by Crippen LogP contribution is 2.29. The molecule has 2 nitrogen and oxygen atoms in total. The van der Waals surface area contributed by atoms with Gasteiger partial charge in [-0.3, -0.25) is 0 Å². The summed E-state index contributed by atoms with van der Waals surface area (Å²) in [6.07, 6.45) is 6.86. The molecular weight excluding hydrogens is 300 g/mol. The summed E-state index contributed by atoms with van der Waals surface area (Å²) in [4.78, 5) is 2.46. The molecule has 2 rings (SSSR count). The average Bonchev–Trinajstić information content (AvgIpc) is 2.46. The highest BCUT2D eigenvalue weighted by Gasteiger charge is 2.18. The highest BCUT2D eigenvalue weighted by molar-refractivity contribution is 9.10. The predicted molar refractivity (Wildman–Crippen MR) is 86.8 cm³/mol. The van der Waals surface area contributed by atoms with E-state index in [0.717, 1.165) is 19.1 Å². The molecule has 1 aromatic carbocycles. The fraction of sp³-hybridized carbons (Fsp3) is 0.625. The second kappa shape index (κ2) is 7.30. The number of nitrogens with zero attached hydrogens (tertiary/aromatic N) is 1. The maximum absolute atomic E-state index is 3.70. The zero-order chi connectivity index (χ0) is 13.7. The molecule has 3 heteroatoms. The maximum Gasteiger partial charge on any atom is 0.0377 e. The fourth-order valence-corrected chi connectivity index (χ4v) is 3.34. The molecule has 1 aliphatic rings. The highest BCUT2D eigenvalue weighted by atomic mass is 79.9. The molecule has 0 radical (unpaired) electrons. The molecule has 0 amide bonds. The number of anilines is 1. The molecule has 106 valence electrons. The van der Waals surface area contributed by atoms with E-state index < -0.39 is 0 Å². The summed E-state index contributed by atoms with van der Waals surface area (Å²) >= 11 is 3.70. The zero-order valence-corrected chi connectivity index (χ0v) is 13.7. The maximum atomic E-state index is 3.70. The van der Waals surface area contributed by atoms with Gasteiger partial charge in [0.05, 0.1) is 0 Å². The van der Waals surface area contributed by atoms with Gasteiger partial charge >= 0.3 is 0 Å². The van der Waals surface area contributed by atoms with Crippen molar-refractivity contribution >= 4 is 21.6 Å². The predicted octanol–water partition coefficient (Wildman–Crippen LogP) is 4.33. The van der Waals surface area contributed by atoms with Gasteiger partial charge in [0.15, 0.2) is 0 Å². The van der Waals surface area contributed by atoms with Gasteiger partial charge in [-0.15, -0.1) is 0 Å². The van der Waals surface area contributed by atoms with Crippen molar-refractivity contribution in [2.24, 2.45) is 0 Å². The minimum Gasteiger partial charge on any atom is -0.372 e. The second-order valence-electron chi connectivity index (χ2n) is 5.46. The Kier molecular flexibility index (Phi) is 5.71. The Bertz CT molecular complexity index is 400. The fourth-order valence-electron chi connectivity index (χ4n) is 2.84. The first kappa shape index (κ1) is 14.9. The molecule has 1 fully saturated rings. The molecule has 0 bridgehead atoms. The van der Waals surface area contributed by atoms with Crippen LogP contribution in [0.15, 0.2) is 22.7 Å². The lowest BCUT2D eigenvalue weighted by atomic mass is 9.94. The minimum atomic E-state index is 0.722. The van der Waals surface area contributed by atoms with Crippen molar-refractivity contribution in [3.63, 3.8) is 0 Å². The van der Waals surface area contributed by atoms with Gasteiger partial charge in [-0.25, -0.2) is 0 Å². The van der Waals surface area contributed by atoms with Crippen LogP contribution in [0.3, 0.4) is 0 Å². The van der Waals surface area contributed by atoms with E-state index in [2.05, 4.69) is 58.3 Å². The first-order valence-corrected chi connectivity index (χ1v) is 8.23. The molecule has 19 heavy (non-hydrogen) atoms. The number of hydrogen-bond acceptors (Lipinski definition) is 2. The molecule has 0 unspecified atom stereocenters. The summed E-state index contributed by atoms with van der Waals surface area (Å²) in [5.41, 5.74) is 2.67. The molecule has 1 aliphatic carbocycles. The van der Waals surface area contributed by atoms with Crippen LogP contribution in [0.5, 0.6) is 0 Å². The van der Waals surface area contributed by atoms with Crippen molar-refractivity contribution in [3.05, 3.63) is 28.2 Å². The smallest absolute Gasteiger partial charge is 0.0377 e. The third kappa shape index (κ3) is 3.96. The molecule has 0 saturated heterocycles. The molecule has 1 N–H and O–H groups in total. The average molecular weight is 325 g/mol. The van der Waals surface area contributed by atoms with Crippen molar-refractivity contribution < 1.29 is 0 Å². The van der Waals surface area contributed by atoms with Gasteiger partial charge in [0, 0.05) is 29.8 Å². The first-order valence-electron chi connectivity index (χ1n) is 7.44. The number of benzene rings is 1.